The van der Waals surface area contributed by atoms with E-state index >= 15 is 0 Å². The quantitative estimate of drug-likeness (QED) is 0.198. The van der Waals surface area contributed by atoms with E-state index in [1.54, 1.807) is 24.4 Å². The predicted molar refractivity (Wildman–Crippen MR) is 127 cm³/mol. The number of hydrogen-bond donors (Lipinski definition) is 1. The molecule has 180 valence electrons. The Morgan fingerprint density at radius 1 is 1.00 bits per heavy atom. The molecule has 0 aliphatic carbocycles. The van der Waals surface area contributed by atoms with Crippen molar-refractivity contribution in [1.82, 2.24) is 9.55 Å². The van der Waals surface area contributed by atoms with Crippen LogP contribution in [0, 0.1) is 0 Å². The number of carbonyl (C=O) groups excluding carboxylic acids is 1. The summed E-state index contributed by atoms with van der Waals surface area (Å²) in [5, 5.41) is 0. The molecule has 1 aliphatic heterocycles. The first-order valence-electron chi connectivity index (χ1n) is 12.4. The van der Waals surface area contributed by atoms with Gasteiger partial charge in [0.25, 0.3) is 0 Å². The Morgan fingerprint density at radius 2 is 1.59 bits per heavy atom. The third kappa shape index (κ3) is 10.4. The van der Waals surface area contributed by atoms with Gasteiger partial charge in [0, 0.05) is 12.6 Å². The fourth-order valence-electron chi connectivity index (χ4n) is 3.90. The molecule has 7 nitrogen and oxygen atoms in total. The van der Waals surface area contributed by atoms with E-state index in [0.717, 1.165) is 12.8 Å². The Labute approximate surface area is 192 Å². The predicted octanol–water partition coefficient (Wildman–Crippen LogP) is 5.30. The van der Waals surface area contributed by atoms with Gasteiger partial charge < -0.3 is 15.2 Å². The summed E-state index contributed by atoms with van der Waals surface area (Å²) in [4.78, 5) is 27.5. The molecule has 0 spiro atoms. The minimum Gasteiger partial charge on any atom is -0.463 e. The summed E-state index contributed by atoms with van der Waals surface area (Å²) in [6.07, 6.45) is 21.3. The lowest BCUT2D eigenvalue weighted by Gasteiger charge is -2.16. The highest BCUT2D eigenvalue weighted by Crippen LogP contribution is 2.20. The van der Waals surface area contributed by atoms with Crippen LogP contribution in [0.25, 0.3) is 0 Å². The minimum absolute atomic E-state index is 0.154. The lowest BCUT2D eigenvalue weighted by atomic mass is 10.0. The van der Waals surface area contributed by atoms with E-state index in [1.165, 1.54) is 75.2 Å². The van der Waals surface area contributed by atoms with Gasteiger partial charge in [-0.05, 0) is 18.6 Å². The molecule has 2 rings (SSSR count). The SMILES string of the molecule is CCCCCCCCCCCCCCCC(=O)OC[C@@H]1C=C[C@H](n2ccc(N)nc2=O)O1. The molecule has 0 saturated carbocycles. The van der Waals surface area contributed by atoms with Crippen molar-refractivity contribution in [3.8, 4) is 0 Å². The number of nitrogens with zero attached hydrogens (tertiary/aromatic N) is 2. The van der Waals surface area contributed by atoms with Crippen molar-refractivity contribution in [3.05, 3.63) is 34.9 Å². The van der Waals surface area contributed by atoms with Crippen LogP contribution in [0.3, 0.4) is 0 Å². The van der Waals surface area contributed by atoms with Crippen molar-refractivity contribution >= 4 is 11.8 Å². The Bertz CT molecular complexity index is 747. The standard InChI is InChI=1S/C25H41N3O4/c1-2-3-4-5-6-7-8-9-10-11-12-13-14-15-24(29)31-20-21-16-17-23(32-21)28-19-18-22(26)27-25(28)30/h16-19,21,23H,2-15,20H2,1H3,(H2,26,27,30)/t21-,23+/m0/s1. The van der Waals surface area contributed by atoms with Crippen molar-refractivity contribution in [2.75, 3.05) is 12.3 Å². The van der Waals surface area contributed by atoms with Crippen LogP contribution in [0.2, 0.25) is 0 Å². The molecule has 0 saturated heterocycles. The Morgan fingerprint density at radius 3 is 2.19 bits per heavy atom. The molecule has 0 fully saturated rings. The van der Waals surface area contributed by atoms with E-state index < -0.39 is 11.9 Å². The molecule has 1 aliphatic rings. The van der Waals surface area contributed by atoms with Crippen molar-refractivity contribution < 1.29 is 14.3 Å². The topological polar surface area (TPSA) is 96.4 Å². The summed E-state index contributed by atoms with van der Waals surface area (Å²) >= 11 is 0. The third-order valence-corrected chi connectivity index (χ3v) is 5.82. The lowest BCUT2D eigenvalue weighted by molar-refractivity contribution is -0.147. The van der Waals surface area contributed by atoms with Gasteiger partial charge in [0.1, 0.15) is 18.5 Å². The number of nitrogen functional groups attached to an aromatic ring is 1. The molecule has 2 N–H and O–H groups in total. The zero-order valence-corrected chi connectivity index (χ0v) is 19.7. The van der Waals surface area contributed by atoms with Crippen LogP contribution in [-0.2, 0) is 14.3 Å². The van der Waals surface area contributed by atoms with Gasteiger partial charge >= 0.3 is 11.7 Å². The molecule has 7 heteroatoms. The average Bonchev–Trinajstić information content (AvgIpc) is 3.24. The molecule has 32 heavy (non-hydrogen) atoms. The third-order valence-electron chi connectivity index (χ3n) is 5.82. The molecular formula is C25H41N3O4. The fourth-order valence-corrected chi connectivity index (χ4v) is 3.90. The summed E-state index contributed by atoms with van der Waals surface area (Å²) in [6.45, 7) is 2.41. The van der Waals surface area contributed by atoms with Gasteiger partial charge in [-0.15, -0.1) is 0 Å². The number of aromatic nitrogens is 2. The number of anilines is 1. The fraction of sp³-hybridized carbons (Fsp3) is 0.720. The number of carbonyl (C=O) groups is 1. The summed E-state index contributed by atoms with van der Waals surface area (Å²) in [7, 11) is 0. The molecule has 2 atom stereocenters. The first-order chi connectivity index (χ1) is 15.6. The smallest absolute Gasteiger partial charge is 0.351 e. The molecular weight excluding hydrogens is 406 g/mol. The highest BCUT2D eigenvalue weighted by molar-refractivity contribution is 5.69. The number of hydrogen-bond acceptors (Lipinski definition) is 6. The molecule has 0 unspecified atom stereocenters. The lowest BCUT2D eigenvalue weighted by Crippen LogP contribution is -2.28. The maximum absolute atomic E-state index is 12.0. The van der Waals surface area contributed by atoms with Gasteiger partial charge in [0.05, 0.1) is 0 Å². The Hall–Kier alpha value is -2.15. The van der Waals surface area contributed by atoms with E-state index in [4.69, 9.17) is 15.2 Å². The highest BCUT2D eigenvalue weighted by atomic mass is 16.6. The largest absolute Gasteiger partial charge is 0.463 e. The van der Waals surface area contributed by atoms with Crippen molar-refractivity contribution in [2.24, 2.45) is 0 Å². The molecule has 1 aromatic heterocycles. The first kappa shape index (κ1) is 26.1. The second kappa shape index (κ2) is 15.6. The summed E-state index contributed by atoms with van der Waals surface area (Å²) < 4.78 is 12.4. The molecule has 0 aromatic carbocycles. The van der Waals surface area contributed by atoms with Crippen molar-refractivity contribution in [2.45, 2.75) is 109 Å². The zero-order chi connectivity index (χ0) is 23.0. The second-order valence-corrected chi connectivity index (χ2v) is 8.67. The summed E-state index contributed by atoms with van der Waals surface area (Å²) in [5.74, 6) is -0.0216. The number of rotatable bonds is 17. The van der Waals surface area contributed by atoms with Crippen molar-refractivity contribution in [3.63, 3.8) is 0 Å². The van der Waals surface area contributed by atoms with E-state index in [9.17, 15) is 9.59 Å². The number of nitrogens with two attached hydrogens (primary N) is 1. The van der Waals surface area contributed by atoms with Gasteiger partial charge in [-0.1, -0.05) is 90.0 Å². The van der Waals surface area contributed by atoms with Crippen LogP contribution < -0.4 is 11.4 Å². The Balaban J connectivity index is 1.43. The van der Waals surface area contributed by atoms with Gasteiger partial charge in [-0.3, -0.25) is 9.36 Å². The van der Waals surface area contributed by atoms with Gasteiger partial charge in [-0.25, -0.2) is 4.79 Å². The summed E-state index contributed by atoms with van der Waals surface area (Å²) in [5.41, 5.74) is 5.03. The second-order valence-electron chi connectivity index (χ2n) is 8.67. The van der Waals surface area contributed by atoms with Crippen LogP contribution in [0.15, 0.2) is 29.2 Å². The normalized spacial score (nSPS) is 17.7. The van der Waals surface area contributed by atoms with E-state index in [0.29, 0.717) is 6.42 Å². The van der Waals surface area contributed by atoms with Gasteiger partial charge in [0.15, 0.2) is 6.23 Å². The molecule has 2 heterocycles. The number of ether oxygens (including phenoxy) is 2. The van der Waals surface area contributed by atoms with Crippen LogP contribution in [0.4, 0.5) is 5.82 Å². The number of esters is 1. The van der Waals surface area contributed by atoms with E-state index in [-0.39, 0.29) is 24.5 Å². The zero-order valence-electron chi connectivity index (χ0n) is 19.7. The summed E-state index contributed by atoms with van der Waals surface area (Å²) in [6, 6.07) is 1.54. The van der Waals surface area contributed by atoms with Crippen molar-refractivity contribution in [1.29, 1.82) is 0 Å². The maximum Gasteiger partial charge on any atom is 0.351 e. The van der Waals surface area contributed by atoms with E-state index in [2.05, 4.69) is 11.9 Å². The van der Waals surface area contributed by atoms with Crippen LogP contribution >= 0.6 is 0 Å². The molecule has 0 amide bonds. The first-order valence-corrected chi connectivity index (χ1v) is 12.4. The molecule has 0 bridgehead atoms. The van der Waals surface area contributed by atoms with Gasteiger partial charge in [-0.2, -0.15) is 4.98 Å². The van der Waals surface area contributed by atoms with Crippen LogP contribution in [0.1, 0.15) is 103 Å². The molecule has 0 radical (unpaired) electrons. The van der Waals surface area contributed by atoms with Crippen LogP contribution in [0.5, 0.6) is 0 Å². The van der Waals surface area contributed by atoms with Crippen LogP contribution in [-0.4, -0.2) is 28.2 Å². The Kier molecular flexibility index (Phi) is 12.7. The average molecular weight is 448 g/mol. The van der Waals surface area contributed by atoms with Gasteiger partial charge in [0.2, 0.25) is 0 Å². The maximum atomic E-state index is 12.0. The highest BCUT2D eigenvalue weighted by Gasteiger charge is 2.22. The number of unbranched alkanes of at least 4 members (excludes halogenated alkanes) is 12. The minimum atomic E-state index is -0.555. The van der Waals surface area contributed by atoms with E-state index in [1.807, 2.05) is 0 Å². The molecule has 1 aromatic rings. The monoisotopic (exact) mass is 447 g/mol.